The predicted molar refractivity (Wildman–Crippen MR) is 22.7 cm³/mol. The Morgan fingerprint density at radius 2 is 1.88 bits per heavy atom. The summed E-state index contributed by atoms with van der Waals surface area (Å²) in [6.45, 7) is 1.13. The van der Waals surface area contributed by atoms with Crippen molar-refractivity contribution in [1.29, 1.82) is 0 Å². The summed E-state index contributed by atoms with van der Waals surface area (Å²) < 4.78 is 0. The Morgan fingerprint density at radius 1 is 1.75 bits per heavy atom. The summed E-state index contributed by atoms with van der Waals surface area (Å²) in [5.41, 5.74) is 0. The van der Waals surface area contributed by atoms with E-state index in [0.29, 0.717) is 0 Å². The zero-order valence-electron chi connectivity index (χ0n) is 4.69. The smallest absolute Gasteiger partial charge is 0.547 e. The molecule has 0 spiro atoms. The maximum atomic E-state index is 9.34. The van der Waals surface area contributed by atoms with Gasteiger partial charge in [0.1, 0.15) is 0 Å². The molecule has 5 heteroatoms. The molecule has 0 aromatic carbocycles. The first-order valence-electron chi connectivity index (χ1n) is 1.53. The van der Waals surface area contributed by atoms with Crippen LogP contribution in [0.15, 0.2) is 0 Å². The number of aliphatic hydroxyl groups is 1. The van der Waals surface area contributed by atoms with Crippen molar-refractivity contribution in [2.24, 2.45) is 0 Å². The Kier molecular flexibility index (Phi) is 13.5. The minimum absolute atomic E-state index is 0. The van der Waals surface area contributed by atoms with Crippen LogP contribution >= 0.6 is 0 Å². The maximum absolute atomic E-state index is 9.34. The van der Waals surface area contributed by atoms with Gasteiger partial charge in [0.2, 0.25) is 0 Å². The van der Waals surface area contributed by atoms with E-state index >= 15 is 0 Å². The summed E-state index contributed by atoms with van der Waals surface area (Å²) in [7, 11) is 0. The average Bonchev–Trinajstić information content (AvgIpc) is 1.36. The third-order valence-electron chi connectivity index (χ3n) is 0.341. The van der Waals surface area contributed by atoms with Crippen LogP contribution < -0.4 is 11.3 Å². The number of carbonyl (C=O) groups excluding carboxylic acids is 1. The van der Waals surface area contributed by atoms with Crippen molar-refractivity contribution >= 4 is 5.97 Å². The summed E-state index contributed by atoms with van der Waals surface area (Å²) in [4.78, 5) is 9.34. The first kappa shape index (κ1) is 15.7. The van der Waals surface area contributed by atoms with Crippen LogP contribution in [-0.2, 0) is 21.9 Å². The maximum Gasteiger partial charge on any atom is 3.00 e. The summed E-state index contributed by atoms with van der Waals surface area (Å²) >= 11 is 0. The molecule has 0 aliphatic heterocycles. The molecule has 0 heterocycles. The van der Waals surface area contributed by atoms with Gasteiger partial charge in [0.25, 0.3) is 0 Å². The first-order chi connectivity index (χ1) is 2.64. The van der Waals surface area contributed by atoms with Crippen molar-refractivity contribution in [3.05, 3.63) is 0 Å². The SMILES string of the molecule is CC(O)C(=O)[O-].[Fe+3].[NH4+]. The number of hydrogen-bond acceptors (Lipinski definition) is 3. The number of carboxylic acid groups (broad SMARTS) is 1. The average molecular weight is 163 g/mol. The van der Waals surface area contributed by atoms with Crippen molar-refractivity contribution in [1.82, 2.24) is 6.15 Å². The van der Waals surface area contributed by atoms with Gasteiger partial charge in [-0.05, 0) is 6.92 Å². The number of quaternary nitrogens is 1. The van der Waals surface area contributed by atoms with Crippen molar-refractivity contribution in [2.75, 3.05) is 0 Å². The van der Waals surface area contributed by atoms with Crippen molar-refractivity contribution in [3.63, 3.8) is 0 Å². The van der Waals surface area contributed by atoms with E-state index in [-0.39, 0.29) is 23.2 Å². The fourth-order valence-corrected chi connectivity index (χ4v) is 0. The van der Waals surface area contributed by atoms with Crippen LogP contribution in [0.1, 0.15) is 6.92 Å². The minimum Gasteiger partial charge on any atom is -0.547 e. The molecule has 0 aliphatic carbocycles. The van der Waals surface area contributed by atoms with Gasteiger partial charge in [0, 0.05) is 0 Å². The number of aliphatic carboxylic acids is 1. The molecular formula is C3H9FeNO3+3. The molecule has 1 unspecified atom stereocenters. The van der Waals surface area contributed by atoms with Gasteiger partial charge in [-0.25, -0.2) is 0 Å². The second-order valence-electron chi connectivity index (χ2n) is 0.995. The summed E-state index contributed by atoms with van der Waals surface area (Å²) in [5.74, 6) is -1.44. The van der Waals surface area contributed by atoms with Crippen LogP contribution in [-0.4, -0.2) is 17.2 Å². The molecule has 1 radical (unpaired) electrons. The first-order valence-corrected chi connectivity index (χ1v) is 1.53. The predicted octanol–water partition coefficient (Wildman–Crippen LogP) is -1.51. The van der Waals surface area contributed by atoms with Gasteiger partial charge in [0.15, 0.2) is 0 Å². The molecule has 0 saturated carbocycles. The summed E-state index contributed by atoms with van der Waals surface area (Å²) in [6.07, 6.45) is -1.34. The van der Waals surface area contributed by atoms with Crippen molar-refractivity contribution < 1.29 is 32.1 Å². The van der Waals surface area contributed by atoms with Crippen LogP contribution in [0.2, 0.25) is 0 Å². The van der Waals surface area contributed by atoms with Gasteiger partial charge < -0.3 is 21.2 Å². The Morgan fingerprint density at radius 3 is 1.88 bits per heavy atom. The summed E-state index contributed by atoms with van der Waals surface area (Å²) in [6, 6.07) is 0. The topological polar surface area (TPSA) is 96.9 Å². The second kappa shape index (κ2) is 6.91. The Hall–Kier alpha value is -0.0905. The molecule has 49 valence electrons. The Balaban J connectivity index is -0.000000125. The van der Waals surface area contributed by atoms with Crippen molar-refractivity contribution in [3.8, 4) is 0 Å². The molecule has 0 bridgehead atoms. The molecule has 4 nitrogen and oxygen atoms in total. The van der Waals surface area contributed by atoms with Crippen LogP contribution in [0.4, 0.5) is 0 Å². The van der Waals surface area contributed by atoms with E-state index in [4.69, 9.17) is 5.11 Å². The van der Waals surface area contributed by atoms with Gasteiger partial charge in [0.05, 0.1) is 12.1 Å². The molecule has 0 aliphatic rings. The fourth-order valence-electron chi connectivity index (χ4n) is 0. The molecule has 5 N–H and O–H groups in total. The van der Waals surface area contributed by atoms with E-state index in [0.717, 1.165) is 6.92 Å². The molecule has 0 fully saturated rings. The van der Waals surface area contributed by atoms with Gasteiger partial charge in [-0.1, -0.05) is 0 Å². The van der Waals surface area contributed by atoms with E-state index < -0.39 is 12.1 Å². The number of carboxylic acids is 1. The second-order valence-corrected chi connectivity index (χ2v) is 0.995. The van der Waals surface area contributed by atoms with Crippen LogP contribution in [0, 0.1) is 0 Å². The van der Waals surface area contributed by atoms with Gasteiger partial charge in [-0.3, -0.25) is 0 Å². The molecule has 1 atom stereocenters. The number of aliphatic hydroxyl groups excluding tert-OH is 1. The van der Waals surface area contributed by atoms with Crippen molar-refractivity contribution in [2.45, 2.75) is 13.0 Å². The van der Waals surface area contributed by atoms with Gasteiger partial charge in [-0.15, -0.1) is 0 Å². The molecule has 0 rings (SSSR count). The van der Waals surface area contributed by atoms with Crippen LogP contribution in [0.5, 0.6) is 0 Å². The number of rotatable bonds is 1. The Bertz CT molecular complexity index is 65.5. The van der Waals surface area contributed by atoms with E-state index in [1.807, 2.05) is 0 Å². The van der Waals surface area contributed by atoms with Crippen LogP contribution in [0.3, 0.4) is 0 Å². The largest absolute Gasteiger partial charge is 3.00 e. The minimum atomic E-state index is -1.44. The van der Waals surface area contributed by atoms with Gasteiger partial charge in [-0.2, -0.15) is 0 Å². The standard InChI is InChI=1S/C3H6O3.Fe.H3N/c1-2(4)3(5)6;;/h2,4H,1H3,(H,5,6);;1H3/q;+3;. The Labute approximate surface area is 58.0 Å². The zero-order chi connectivity index (χ0) is 5.15. The quantitative estimate of drug-likeness (QED) is 0.459. The van der Waals surface area contributed by atoms with E-state index in [9.17, 15) is 9.90 Å². The molecule has 0 aromatic rings. The molecule has 0 saturated heterocycles. The fraction of sp³-hybridized carbons (Fsp3) is 0.667. The van der Waals surface area contributed by atoms with Crippen LogP contribution in [0.25, 0.3) is 0 Å². The van der Waals surface area contributed by atoms with E-state index in [1.54, 1.807) is 0 Å². The van der Waals surface area contributed by atoms with E-state index in [1.165, 1.54) is 0 Å². The zero-order valence-corrected chi connectivity index (χ0v) is 5.80. The third-order valence-corrected chi connectivity index (χ3v) is 0.341. The normalized spacial score (nSPS) is 10.2. The molecule has 0 amide bonds. The monoisotopic (exact) mass is 163 g/mol. The third kappa shape index (κ3) is 9.32. The van der Waals surface area contributed by atoms with E-state index in [2.05, 4.69) is 0 Å². The number of hydrogen-bond donors (Lipinski definition) is 2. The molecular weight excluding hydrogens is 154 g/mol. The molecule has 8 heavy (non-hydrogen) atoms. The van der Waals surface area contributed by atoms with Gasteiger partial charge >= 0.3 is 17.1 Å². The summed E-state index contributed by atoms with van der Waals surface area (Å²) in [5, 5.41) is 17.3. The number of carbonyl (C=O) groups is 1. The molecule has 0 aromatic heterocycles.